The van der Waals surface area contributed by atoms with Gasteiger partial charge in [0.15, 0.2) is 5.75 Å². The predicted molar refractivity (Wildman–Crippen MR) is 59.3 cm³/mol. The summed E-state index contributed by atoms with van der Waals surface area (Å²) in [6.45, 7) is 0. The highest BCUT2D eigenvalue weighted by Crippen LogP contribution is 2.32. The molecule has 0 saturated heterocycles. The average molecular weight is 221 g/mol. The van der Waals surface area contributed by atoms with Crippen LogP contribution in [0.5, 0.6) is 17.2 Å². The normalized spacial score (nSPS) is 10.4. The highest BCUT2D eigenvalue weighted by Gasteiger charge is 2.13. The molecule has 0 aliphatic carbocycles. The summed E-state index contributed by atoms with van der Waals surface area (Å²) in [5, 5.41) is 9.99. The Morgan fingerprint density at radius 1 is 1.19 bits per heavy atom. The Balaban J connectivity index is 2.90. The molecule has 0 unspecified atom stereocenters. The number of aromatic amines is 1. The van der Waals surface area contributed by atoms with Gasteiger partial charge >= 0.3 is 0 Å². The number of rotatable bonds is 2. The van der Waals surface area contributed by atoms with Crippen LogP contribution in [-0.4, -0.2) is 24.3 Å². The van der Waals surface area contributed by atoms with Crippen LogP contribution in [0, 0.1) is 0 Å². The summed E-state index contributed by atoms with van der Waals surface area (Å²) >= 11 is 0. The van der Waals surface area contributed by atoms with Crippen LogP contribution in [0.2, 0.25) is 0 Å². The molecule has 0 amide bonds. The SMILES string of the molecule is COc1c(OC)c2ccc(O)cc2[nH]c1=O. The number of nitrogens with one attached hydrogen (secondary N) is 1. The van der Waals surface area contributed by atoms with Gasteiger partial charge in [0, 0.05) is 11.5 Å². The van der Waals surface area contributed by atoms with Gasteiger partial charge in [0.05, 0.1) is 19.7 Å². The average Bonchev–Trinajstić information content (AvgIpc) is 2.26. The highest BCUT2D eigenvalue weighted by molar-refractivity contribution is 5.88. The second kappa shape index (κ2) is 3.77. The maximum atomic E-state index is 11.6. The minimum atomic E-state index is -0.391. The molecule has 0 saturated carbocycles. The van der Waals surface area contributed by atoms with E-state index in [-0.39, 0.29) is 11.5 Å². The van der Waals surface area contributed by atoms with E-state index in [9.17, 15) is 9.90 Å². The topological polar surface area (TPSA) is 71.5 Å². The lowest BCUT2D eigenvalue weighted by Gasteiger charge is -2.09. The third-order valence-electron chi connectivity index (χ3n) is 2.32. The Labute approximate surface area is 91.2 Å². The zero-order valence-corrected chi connectivity index (χ0v) is 8.90. The van der Waals surface area contributed by atoms with E-state index in [0.717, 1.165) is 0 Å². The van der Waals surface area contributed by atoms with Crippen molar-refractivity contribution in [3.63, 3.8) is 0 Å². The highest BCUT2D eigenvalue weighted by atomic mass is 16.5. The minimum absolute atomic E-state index is 0.0790. The first kappa shape index (κ1) is 10.4. The van der Waals surface area contributed by atoms with E-state index in [1.165, 1.54) is 26.4 Å². The Morgan fingerprint density at radius 3 is 2.50 bits per heavy atom. The summed E-state index contributed by atoms with van der Waals surface area (Å²) in [5.41, 5.74) is 0.111. The fourth-order valence-electron chi connectivity index (χ4n) is 1.63. The Morgan fingerprint density at radius 2 is 1.88 bits per heavy atom. The molecule has 0 atom stereocenters. The van der Waals surface area contributed by atoms with E-state index < -0.39 is 5.56 Å². The van der Waals surface area contributed by atoms with E-state index in [4.69, 9.17) is 9.47 Å². The number of hydrogen-bond acceptors (Lipinski definition) is 4. The van der Waals surface area contributed by atoms with Crippen molar-refractivity contribution in [1.82, 2.24) is 4.98 Å². The molecule has 84 valence electrons. The second-order valence-electron chi connectivity index (χ2n) is 3.25. The zero-order chi connectivity index (χ0) is 11.7. The Hall–Kier alpha value is -2.17. The Bertz CT molecular complexity index is 588. The lowest BCUT2D eigenvalue weighted by Crippen LogP contribution is -2.10. The van der Waals surface area contributed by atoms with Crippen LogP contribution >= 0.6 is 0 Å². The number of fused-ring (bicyclic) bond motifs is 1. The molecule has 1 heterocycles. The molecular weight excluding hydrogens is 210 g/mol. The van der Waals surface area contributed by atoms with Crippen LogP contribution in [0.1, 0.15) is 0 Å². The van der Waals surface area contributed by atoms with E-state index in [1.807, 2.05) is 0 Å². The summed E-state index contributed by atoms with van der Waals surface area (Å²) in [6.07, 6.45) is 0. The van der Waals surface area contributed by atoms with Gasteiger partial charge in [-0.1, -0.05) is 0 Å². The molecule has 2 aromatic rings. The van der Waals surface area contributed by atoms with Crippen LogP contribution in [0.4, 0.5) is 0 Å². The molecule has 0 aliphatic rings. The molecule has 5 heteroatoms. The molecule has 0 aliphatic heterocycles. The minimum Gasteiger partial charge on any atom is -0.508 e. The third kappa shape index (κ3) is 1.46. The van der Waals surface area contributed by atoms with Gasteiger partial charge in [0.25, 0.3) is 5.56 Å². The van der Waals surface area contributed by atoms with Crippen LogP contribution < -0.4 is 15.0 Å². The van der Waals surface area contributed by atoms with Crippen molar-refractivity contribution >= 4 is 10.9 Å². The number of ether oxygens (including phenoxy) is 2. The molecule has 0 spiro atoms. The lowest BCUT2D eigenvalue weighted by molar-refractivity contribution is 0.354. The number of aromatic hydroxyl groups is 1. The maximum absolute atomic E-state index is 11.6. The standard InChI is InChI=1S/C11H11NO4/c1-15-9-7-4-3-6(13)5-8(7)12-11(14)10(9)16-2/h3-5,13H,1-2H3,(H,12,14). The molecule has 0 bridgehead atoms. The first-order chi connectivity index (χ1) is 7.67. The number of phenolic OH excluding ortho intramolecular Hbond substituents is 1. The van der Waals surface area contributed by atoms with Gasteiger partial charge < -0.3 is 19.6 Å². The van der Waals surface area contributed by atoms with Gasteiger partial charge in [-0.2, -0.15) is 0 Å². The summed E-state index contributed by atoms with van der Waals surface area (Å²) in [4.78, 5) is 14.2. The fourth-order valence-corrected chi connectivity index (χ4v) is 1.63. The third-order valence-corrected chi connectivity index (χ3v) is 2.32. The van der Waals surface area contributed by atoms with E-state index in [1.54, 1.807) is 6.07 Å². The molecule has 2 rings (SSSR count). The molecule has 0 radical (unpaired) electrons. The van der Waals surface area contributed by atoms with Gasteiger partial charge in [-0.05, 0) is 12.1 Å². The number of hydrogen-bond donors (Lipinski definition) is 2. The fraction of sp³-hybridized carbons (Fsp3) is 0.182. The van der Waals surface area contributed by atoms with Crippen molar-refractivity contribution in [3.8, 4) is 17.2 Å². The van der Waals surface area contributed by atoms with Gasteiger partial charge in [-0.25, -0.2) is 0 Å². The molecule has 1 aromatic heterocycles. The Kier molecular flexibility index (Phi) is 2.44. The lowest BCUT2D eigenvalue weighted by atomic mass is 10.2. The second-order valence-corrected chi connectivity index (χ2v) is 3.25. The molecule has 16 heavy (non-hydrogen) atoms. The number of pyridine rings is 1. The van der Waals surface area contributed by atoms with E-state index >= 15 is 0 Å². The number of aromatic nitrogens is 1. The van der Waals surface area contributed by atoms with Crippen LogP contribution in [0.15, 0.2) is 23.0 Å². The first-order valence-corrected chi connectivity index (χ1v) is 4.64. The number of phenols is 1. The monoisotopic (exact) mass is 221 g/mol. The summed E-state index contributed by atoms with van der Waals surface area (Å²) < 4.78 is 10.1. The number of benzene rings is 1. The quantitative estimate of drug-likeness (QED) is 0.800. The molecule has 1 aromatic carbocycles. The maximum Gasteiger partial charge on any atom is 0.294 e. The summed E-state index contributed by atoms with van der Waals surface area (Å²) in [7, 11) is 2.86. The summed E-state index contributed by atoms with van der Waals surface area (Å²) in [6, 6.07) is 4.63. The van der Waals surface area contributed by atoms with Crippen molar-refractivity contribution in [2.45, 2.75) is 0 Å². The molecule has 5 nitrogen and oxygen atoms in total. The van der Waals surface area contributed by atoms with E-state index in [2.05, 4.69) is 4.98 Å². The van der Waals surface area contributed by atoms with Crippen LogP contribution in [0.25, 0.3) is 10.9 Å². The predicted octanol–water partition coefficient (Wildman–Crippen LogP) is 1.25. The van der Waals surface area contributed by atoms with Crippen molar-refractivity contribution < 1.29 is 14.6 Å². The molecule has 0 fully saturated rings. The van der Waals surface area contributed by atoms with Crippen LogP contribution in [0.3, 0.4) is 0 Å². The first-order valence-electron chi connectivity index (χ1n) is 4.64. The zero-order valence-electron chi connectivity index (χ0n) is 8.90. The van der Waals surface area contributed by atoms with Crippen LogP contribution in [-0.2, 0) is 0 Å². The van der Waals surface area contributed by atoms with Crippen molar-refractivity contribution in [3.05, 3.63) is 28.6 Å². The molecule has 2 N–H and O–H groups in total. The number of methoxy groups -OCH3 is 2. The van der Waals surface area contributed by atoms with Crippen molar-refractivity contribution in [2.24, 2.45) is 0 Å². The molecular formula is C11H11NO4. The van der Waals surface area contributed by atoms with E-state index in [0.29, 0.717) is 16.7 Å². The van der Waals surface area contributed by atoms with Crippen molar-refractivity contribution in [1.29, 1.82) is 0 Å². The van der Waals surface area contributed by atoms with Crippen molar-refractivity contribution in [2.75, 3.05) is 14.2 Å². The van der Waals surface area contributed by atoms with Gasteiger partial charge in [0.2, 0.25) is 5.75 Å². The number of H-pyrrole nitrogens is 1. The largest absolute Gasteiger partial charge is 0.508 e. The summed E-state index contributed by atoms with van der Waals surface area (Å²) in [5.74, 6) is 0.567. The van der Waals surface area contributed by atoms with Gasteiger partial charge in [-0.15, -0.1) is 0 Å². The smallest absolute Gasteiger partial charge is 0.294 e. The van der Waals surface area contributed by atoms with Gasteiger partial charge in [0.1, 0.15) is 5.75 Å². The van der Waals surface area contributed by atoms with Gasteiger partial charge in [-0.3, -0.25) is 4.79 Å².